The summed E-state index contributed by atoms with van der Waals surface area (Å²) >= 11 is 0. The standard InChI is InChI=1S/C18H22N4O4S/c1-13(2)18(24)21-15-8-6-14(7-9-15)20-17(23)12-22(3)27(25,26)16-5-4-10-19-11-16/h4-11,13H,12H2,1-3H3,(H,20,23)(H,21,24). The molecule has 1 aromatic carbocycles. The first-order valence-corrected chi connectivity index (χ1v) is 9.71. The minimum atomic E-state index is -3.79. The van der Waals surface area contributed by atoms with E-state index in [2.05, 4.69) is 15.6 Å². The topological polar surface area (TPSA) is 108 Å². The van der Waals surface area contributed by atoms with Crippen LogP contribution in [0.3, 0.4) is 0 Å². The molecule has 0 atom stereocenters. The van der Waals surface area contributed by atoms with E-state index in [0.717, 1.165) is 4.31 Å². The Hall–Kier alpha value is -2.78. The van der Waals surface area contributed by atoms with Crippen LogP contribution in [0.2, 0.25) is 0 Å². The molecule has 0 bridgehead atoms. The zero-order valence-electron chi connectivity index (χ0n) is 15.3. The van der Waals surface area contributed by atoms with E-state index in [9.17, 15) is 18.0 Å². The molecule has 1 aromatic heterocycles. The van der Waals surface area contributed by atoms with E-state index in [0.29, 0.717) is 11.4 Å². The molecule has 9 heteroatoms. The number of carbonyl (C=O) groups is 2. The maximum atomic E-state index is 12.4. The number of likely N-dealkylation sites (N-methyl/N-ethyl adjacent to an activating group) is 1. The number of hydrogen-bond donors (Lipinski definition) is 2. The molecule has 2 rings (SSSR count). The maximum absolute atomic E-state index is 12.4. The molecule has 144 valence electrons. The van der Waals surface area contributed by atoms with Crippen LogP contribution in [0.25, 0.3) is 0 Å². The highest BCUT2D eigenvalue weighted by atomic mass is 32.2. The molecule has 2 amide bonds. The minimum absolute atomic E-state index is 0.0190. The zero-order chi connectivity index (χ0) is 20.0. The van der Waals surface area contributed by atoms with E-state index in [1.165, 1.54) is 31.6 Å². The summed E-state index contributed by atoms with van der Waals surface area (Å²) in [4.78, 5) is 27.6. The van der Waals surface area contributed by atoms with Crippen LogP contribution < -0.4 is 10.6 Å². The van der Waals surface area contributed by atoms with Crippen molar-refractivity contribution in [3.63, 3.8) is 0 Å². The number of rotatable bonds is 7. The van der Waals surface area contributed by atoms with E-state index >= 15 is 0 Å². The predicted molar refractivity (Wildman–Crippen MR) is 103 cm³/mol. The minimum Gasteiger partial charge on any atom is -0.326 e. The Morgan fingerprint density at radius 1 is 1.07 bits per heavy atom. The van der Waals surface area contributed by atoms with Gasteiger partial charge in [-0.15, -0.1) is 0 Å². The van der Waals surface area contributed by atoms with Gasteiger partial charge in [-0.05, 0) is 36.4 Å². The Bertz CT molecular complexity index is 897. The van der Waals surface area contributed by atoms with Gasteiger partial charge < -0.3 is 10.6 Å². The lowest BCUT2D eigenvalue weighted by atomic mass is 10.2. The number of sulfonamides is 1. The summed E-state index contributed by atoms with van der Waals surface area (Å²) in [7, 11) is -2.47. The summed E-state index contributed by atoms with van der Waals surface area (Å²) in [6.45, 7) is 3.24. The van der Waals surface area contributed by atoms with Crippen LogP contribution in [0.5, 0.6) is 0 Å². The van der Waals surface area contributed by atoms with Crippen molar-refractivity contribution in [1.29, 1.82) is 0 Å². The first-order chi connectivity index (χ1) is 12.7. The fourth-order valence-corrected chi connectivity index (χ4v) is 3.18. The van der Waals surface area contributed by atoms with E-state index in [-0.39, 0.29) is 23.3 Å². The van der Waals surface area contributed by atoms with Gasteiger partial charge in [-0.25, -0.2) is 8.42 Å². The fraction of sp³-hybridized carbons (Fsp3) is 0.278. The molecule has 0 spiro atoms. The summed E-state index contributed by atoms with van der Waals surface area (Å²) in [5.74, 6) is -0.723. The number of amides is 2. The van der Waals surface area contributed by atoms with Crippen molar-refractivity contribution in [1.82, 2.24) is 9.29 Å². The van der Waals surface area contributed by atoms with Gasteiger partial charge in [-0.1, -0.05) is 13.8 Å². The molecule has 0 radical (unpaired) electrons. The Morgan fingerprint density at radius 2 is 1.67 bits per heavy atom. The number of nitrogens with zero attached hydrogens (tertiary/aromatic N) is 2. The lowest BCUT2D eigenvalue weighted by Gasteiger charge is -2.16. The number of carbonyl (C=O) groups excluding carboxylic acids is 2. The van der Waals surface area contributed by atoms with Gasteiger partial charge in [0.05, 0.1) is 6.54 Å². The molecule has 0 aliphatic rings. The SMILES string of the molecule is CC(C)C(=O)Nc1ccc(NC(=O)CN(C)S(=O)(=O)c2cccnc2)cc1. The summed E-state index contributed by atoms with van der Waals surface area (Å²) < 4.78 is 25.7. The molecule has 27 heavy (non-hydrogen) atoms. The third-order valence-electron chi connectivity index (χ3n) is 3.67. The molecule has 0 aliphatic carbocycles. The second kappa shape index (κ2) is 8.74. The van der Waals surface area contributed by atoms with Crippen molar-refractivity contribution in [2.24, 2.45) is 5.92 Å². The monoisotopic (exact) mass is 390 g/mol. The first kappa shape index (κ1) is 20.5. The molecule has 8 nitrogen and oxygen atoms in total. The quantitative estimate of drug-likeness (QED) is 0.751. The summed E-state index contributed by atoms with van der Waals surface area (Å²) in [5.41, 5.74) is 1.11. The summed E-state index contributed by atoms with van der Waals surface area (Å²) in [5, 5.41) is 5.37. The van der Waals surface area contributed by atoms with Crippen molar-refractivity contribution in [2.75, 3.05) is 24.2 Å². The Labute approximate surface area is 158 Å². The fourth-order valence-electron chi connectivity index (χ4n) is 2.09. The van der Waals surface area contributed by atoms with Crippen LogP contribution in [0.15, 0.2) is 53.7 Å². The number of hydrogen-bond acceptors (Lipinski definition) is 5. The van der Waals surface area contributed by atoms with Crippen LogP contribution in [0, 0.1) is 5.92 Å². The molecule has 0 saturated heterocycles. The summed E-state index contributed by atoms with van der Waals surface area (Å²) in [6, 6.07) is 9.51. The van der Waals surface area contributed by atoms with Gasteiger partial charge in [0.2, 0.25) is 21.8 Å². The number of aromatic nitrogens is 1. The van der Waals surface area contributed by atoms with Crippen LogP contribution in [0.4, 0.5) is 11.4 Å². The van der Waals surface area contributed by atoms with Crippen molar-refractivity contribution in [3.05, 3.63) is 48.8 Å². The number of benzene rings is 1. The predicted octanol–water partition coefficient (Wildman–Crippen LogP) is 1.94. The van der Waals surface area contributed by atoms with Gasteiger partial charge in [0.1, 0.15) is 4.90 Å². The Morgan fingerprint density at radius 3 is 2.19 bits per heavy atom. The smallest absolute Gasteiger partial charge is 0.244 e. The van der Waals surface area contributed by atoms with Crippen molar-refractivity contribution in [3.8, 4) is 0 Å². The normalized spacial score (nSPS) is 11.4. The number of nitrogens with one attached hydrogen (secondary N) is 2. The van der Waals surface area contributed by atoms with E-state index in [1.807, 2.05) is 0 Å². The molecule has 0 unspecified atom stereocenters. The molecule has 2 N–H and O–H groups in total. The molecule has 2 aromatic rings. The van der Waals surface area contributed by atoms with Crippen molar-refractivity contribution in [2.45, 2.75) is 18.7 Å². The average molecular weight is 390 g/mol. The Kier molecular flexibility index (Phi) is 6.65. The third kappa shape index (κ3) is 5.60. The third-order valence-corrected chi connectivity index (χ3v) is 5.46. The van der Waals surface area contributed by atoms with Gasteiger partial charge >= 0.3 is 0 Å². The Balaban J connectivity index is 1.96. The molecular formula is C18H22N4O4S. The lowest BCUT2D eigenvalue weighted by Crippen LogP contribution is -2.35. The summed E-state index contributed by atoms with van der Waals surface area (Å²) in [6.07, 6.45) is 2.70. The van der Waals surface area contributed by atoms with Gasteiger partial charge in [0.25, 0.3) is 0 Å². The van der Waals surface area contributed by atoms with E-state index < -0.39 is 15.9 Å². The zero-order valence-corrected chi connectivity index (χ0v) is 16.2. The molecule has 0 aliphatic heterocycles. The highest BCUT2D eigenvalue weighted by Gasteiger charge is 2.23. The van der Waals surface area contributed by atoms with Gasteiger partial charge in [0, 0.05) is 36.7 Å². The first-order valence-electron chi connectivity index (χ1n) is 8.27. The highest BCUT2D eigenvalue weighted by molar-refractivity contribution is 7.89. The largest absolute Gasteiger partial charge is 0.326 e. The van der Waals surface area contributed by atoms with E-state index in [4.69, 9.17) is 0 Å². The van der Waals surface area contributed by atoms with Crippen LogP contribution in [0.1, 0.15) is 13.8 Å². The van der Waals surface area contributed by atoms with Gasteiger partial charge in [-0.2, -0.15) is 4.31 Å². The second-order valence-electron chi connectivity index (χ2n) is 6.22. The van der Waals surface area contributed by atoms with Crippen LogP contribution >= 0.6 is 0 Å². The molecular weight excluding hydrogens is 368 g/mol. The van der Waals surface area contributed by atoms with Gasteiger partial charge in [0.15, 0.2) is 0 Å². The molecule has 0 saturated carbocycles. The maximum Gasteiger partial charge on any atom is 0.244 e. The lowest BCUT2D eigenvalue weighted by molar-refractivity contribution is -0.119. The van der Waals surface area contributed by atoms with Crippen molar-refractivity contribution < 1.29 is 18.0 Å². The highest BCUT2D eigenvalue weighted by Crippen LogP contribution is 2.15. The molecule has 0 fully saturated rings. The van der Waals surface area contributed by atoms with Crippen molar-refractivity contribution >= 4 is 33.2 Å². The second-order valence-corrected chi connectivity index (χ2v) is 8.26. The average Bonchev–Trinajstić information content (AvgIpc) is 2.63. The number of anilines is 2. The van der Waals surface area contributed by atoms with E-state index in [1.54, 1.807) is 38.1 Å². The van der Waals surface area contributed by atoms with Gasteiger partial charge in [-0.3, -0.25) is 14.6 Å². The van der Waals surface area contributed by atoms with Crippen LogP contribution in [-0.4, -0.2) is 43.1 Å². The van der Waals surface area contributed by atoms with Crippen LogP contribution in [-0.2, 0) is 19.6 Å². The number of pyridine rings is 1. The molecule has 1 heterocycles.